The van der Waals surface area contributed by atoms with Crippen LogP contribution < -0.4 is 5.32 Å². The van der Waals surface area contributed by atoms with Gasteiger partial charge in [0.05, 0.1) is 17.8 Å². The molecule has 1 radical (unpaired) electrons. The number of hydrogen-bond donors (Lipinski definition) is 3. The highest BCUT2D eigenvalue weighted by Gasteiger charge is 2.39. The maximum absolute atomic E-state index is 10.3. The molecule has 1 aliphatic rings. The van der Waals surface area contributed by atoms with Gasteiger partial charge in [0.2, 0.25) is 0 Å². The van der Waals surface area contributed by atoms with E-state index < -0.39 is 12.2 Å². The van der Waals surface area contributed by atoms with Crippen LogP contribution in [0.3, 0.4) is 0 Å². The maximum Gasteiger partial charge on any atom is 0.157 e. The molecule has 3 heterocycles. The van der Waals surface area contributed by atoms with Crippen molar-refractivity contribution in [3.8, 4) is 11.3 Å². The molecule has 4 atom stereocenters. The highest BCUT2D eigenvalue weighted by Crippen LogP contribution is 2.35. The molecule has 143 valence electrons. The number of rotatable bonds is 3. The molecule has 1 aromatic carbocycles. The van der Waals surface area contributed by atoms with Crippen molar-refractivity contribution < 1.29 is 10.2 Å². The third-order valence-electron chi connectivity index (χ3n) is 5.31. The number of aromatic nitrogens is 3. The number of aliphatic hydroxyl groups is 2. The number of fused-ring (bicyclic) bond motifs is 2. The van der Waals surface area contributed by atoms with Crippen LogP contribution >= 0.6 is 22.9 Å². The fraction of sp³-hybridized carbons (Fsp3) is 0.250. The predicted molar refractivity (Wildman–Crippen MR) is 112 cm³/mol. The Hall–Kier alpha value is -2.19. The van der Waals surface area contributed by atoms with E-state index in [1.54, 1.807) is 22.0 Å². The molecule has 1 saturated carbocycles. The molecule has 0 spiro atoms. The van der Waals surface area contributed by atoms with Gasteiger partial charge >= 0.3 is 0 Å². The second-order valence-corrected chi connectivity index (χ2v) is 8.49. The minimum Gasteiger partial charge on any atom is -0.390 e. The van der Waals surface area contributed by atoms with Crippen molar-refractivity contribution in [3.05, 3.63) is 53.9 Å². The first-order valence-corrected chi connectivity index (χ1v) is 10.2. The average molecular weight is 414 g/mol. The van der Waals surface area contributed by atoms with Crippen molar-refractivity contribution in [2.24, 2.45) is 5.92 Å². The van der Waals surface area contributed by atoms with Gasteiger partial charge in [-0.05, 0) is 37.5 Å². The van der Waals surface area contributed by atoms with E-state index in [0.29, 0.717) is 22.9 Å². The third kappa shape index (κ3) is 2.86. The van der Waals surface area contributed by atoms with E-state index in [-0.39, 0.29) is 12.0 Å². The Morgan fingerprint density at radius 3 is 2.86 bits per heavy atom. The van der Waals surface area contributed by atoms with Crippen LogP contribution in [0.1, 0.15) is 6.42 Å². The Kier molecular flexibility index (Phi) is 4.28. The lowest BCUT2D eigenvalue weighted by Gasteiger charge is -2.19. The number of halogens is 1. The molecule has 28 heavy (non-hydrogen) atoms. The number of thiophene rings is 1. The van der Waals surface area contributed by atoms with Crippen LogP contribution in [0.5, 0.6) is 0 Å². The van der Waals surface area contributed by atoms with Crippen molar-refractivity contribution in [3.63, 3.8) is 0 Å². The van der Waals surface area contributed by atoms with Gasteiger partial charge in [0.15, 0.2) is 5.65 Å². The summed E-state index contributed by atoms with van der Waals surface area (Å²) in [7, 11) is 0. The zero-order valence-corrected chi connectivity index (χ0v) is 16.4. The molecule has 0 aliphatic heterocycles. The van der Waals surface area contributed by atoms with E-state index >= 15 is 0 Å². The minimum absolute atomic E-state index is 0.206. The van der Waals surface area contributed by atoms with E-state index in [1.807, 2.05) is 30.3 Å². The van der Waals surface area contributed by atoms with Crippen LogP contribution in [-0.2, 0) is 0 Å². The minimum atomic E-state index is -0.869. The maximum atomic E-state index is 10.3. The van der Waals surface area contributed by atoms with Crippen molar-refractivity contribution in [2.75, 3.05) is 5.32 Å². The lowest BCUT2D eigenvalue weighted by molar-refractivity contribution is 0.0256. The summed E-state index contributed by atoms with van der Waals surface area (Å²) >= 11 is 7.72. The molecule has 8 heteroatoms. The van der Waals surface area contributed by atoms with Gasteiger partial charge in [0.1, 0.15) is 11.9 Å². The second-order valence-electron chi connectivity index (χ2n) is 7.15. The highest BCUT2D eigenvalue weighted by atomic mass is 35.5. The van der Waals surface area contributed by atoms with E-state index in [1.165, 1.54) is 0 Å². The smallest absolute Gasteiger partial charge is 0.157 e. The molecule has 3 aromatic heterocycles. The molecular weight excluding hydrogens is 396 g/mol. The van der Waals surface area contributed by atoms with E-state index in [2.05, 4.69) is 22.6 Å². The Labute approximate surface area is 170 Å². The number of hydrogen-bond acceptors (Lipinski definition) is 6. The van der Waals surface area contributed by atoms with Crippen molar-refractivity contribution in [2.45, 2.75) is 24.7 Å². The lowest BCUT2D eigenvalue weighted by Crippen LogP contribution is -2.35. The van der Waals surface area contributed by atoms with Crippen LogP contribution in [0.15, 0.2) is 41.9 Å². The summed E-state index contributed by atoms with van der Waals surface area (Å²) < 4.78 is 2.83. The lowest BCUT2D eigenvalue weighted by atomic mass is 10.1. The normalized spacial score (nSPS) is 25.0. The van der Waals surface area contributed by atoms with Crippen LogP contribution in [0, 0.1) is 12.8 Å². The van der Waals surface area contributed by atoms with Gasteiger partial charge in [0.25, 0.3) is 0 Å². The Bertz CT molecular complexity index is 1170. The molecule has 1 aliphatic carbocycles. The van der Waals surface area contributed by atoms with Crippen LogP contribution in [0.25, 0.3) is 27.0 Å². The number of anilines is 1. The quantitative estimate of drug-likeness (QED) is 0.478. The third-order valence-corrected chi connectivity index (χ3v) is 6.49. The molecular formula is C20H18ClN4O2S. The van der Waals surface area contributed by atoms with E-state index in [4.69, 9.17) is 16.7 Å². The number of benzene rings is 1. The average Bonchev–Trinajstić information content (AvgIpc) is 3.35. The second kappa shape index (κ2) is 6.70. The molecule has 6 nitrogen and oxygen atoms in total. The molecule has 0 saturated heterocycles. The SMILES string of the molecule is [CH2][C@@H]1C[C@@H](Nc2ccnc3cc(-c4csc5cc(Cl)ccc45)nn23)[C@H](O)[C@@H]1O. The van der Waals surface area contributed by atoms with Gasteiger partial charge in [-0.3, -0.25) is 0 Å². The monoisotopic (exact) mass is 413 g/mol. The van der Waals surface area contributed by atoms with Gasteiger partial charge in [0, 0.05) is 38.3 Å². The topological polar surface area (TPSA) is 82.7 Å². The van der Waals surface area contributed by atoms with Crippen molar-refractivity contribution in [1.82, 2.24) is 14.6 Å². The molecule has 0 amide bonds. The molecule has 5 rings (SSSR count). The summed E-state index contributed by atoms with van der Waals surface area (Å²) in [6.07, 6.45) is 0.586. The first-order valence-electron chi connectivity index (χ1n) is 8.99. The predicted octanol–water partition coefficient (Wildman–Crippen LogP) is 3.62. The largest absolute Gasteiger partial charge is 0.390 e. The number of nitrogens with zero attached hydrogens (tertiary/aromatic N) is 3. The zero-order valence-electron chi connectivity index (χ0n) is 14.8. The first kappa shape index (κ1) is 17.9. The zero-order chi connectivity index (χ0) is 19.4. The van der Waals surface area contributed by atoms with Crippen molar-refractivity contribution in [1.29, 1.82) is 0 Å². The Morgan fingerprint density at radius 1 is 1.21 bits per heavy atom. The van der Waals surface area contributed by atoms with E-state index in [9.17, 15) is 10.2 Å². The Morgan fingerprint density at radius 2 is 2.07 bits per heavy atom. The molecule has 0 unspecified atom stereocenters. The van der Waals surface area contributed by atoms with Crippen LogP contribution in [0.2, 0.25) is 5.02 Å². The van der Waals surface area contributed by atoms with Gasteiger partial charge in [-0.1, -0.05) is 17.7 Å². The highest BCUT2D eigenvalue weighted by molar-refractivity contribution is 7.17. The fourth-order valence-corrected chi connectivity index (χ4v) is 5.02. The summed E-state index contributed by atoms with van der Waals surface area (Å²) in [5, 5.41) is 32.1. The summed E-state index contributed by atoms with van der Waals surface area (Å²) in [6.45, 7) is 3.90. The van der Waals surface area contributed by atoms with Crippen LogP contribution in [0.4, 0.5) is 5.82 Å². The summed E-state index contributed by atoms with van der Waals surface area (Å²) in [5.74, 6) is 0.506. The van der Waals surface area contributed by atoms with Gasteiger partial charge in [-0.25, -0.2) is 4.98 Å². The summed E-state index contributed by atoms with van der Waals surface area (Å²) in [6, 6.07) is 9.29. The van der Waals surface area contributed by atoms with E-state index in [0.717, 1.165) is 21.3 Å². The number of aliphatic hydroxyl groups excluding tert-OH is 2. The summed E-state index contributed by atoms with van der Waals surface area (Å²) in [5.41, 5.74) is 2.55. The van der Waals surface area contributed by atoms with Gasteiger partial charge in [-0.15, -0.1) is 11.3 Å². The molecule has 4 aromatic rings. The van der Waals surface area contributed by atoms with Gasteiger partial charge in [-0.2, -0.15) is 9.61 Å². The molecule has 1 fully saturated rings. The fourth-order valence-electron chi connectivity index (χ4n) is 3.79. The van der Waals surface area contributed by atoms with Gasteiger partial charge < -0.3 is 15.5 Å². The van der Waals surface area contributed by atoms with Crippen molar-refractivity contribution >= 4 is 44.5 Å². The summed E-state index contributed by atoms with van der Waals surface area (Å²) in [4.78, 5) is 4.41. The van der Waals surface area contributed by atoms with Crippen LogP contribution in [-0.4, -0.2) is 43.1 Å². The molecule has 3 N–H and O–H groups in total. The first-order chi connectivity index (χ1) is 13.5. The standard InChI is InChI=1S/C20H18ClN4O2S/c1-10-6-15(20(27)19(10)26)23-17-4-5-22-18-8-14(24-25(17)18)13-9-28-16-7-11(21)2-3-12(13)16/h2-5,7-10,15,19-20,23,26-27H,1,6H2/t10-,15-,19-,20+/m1/s1. The Balaban J connectivity index is 1.54. The molecule has 0 bridgehead atoms. The number of nitrogens with one attached hydrogen (secondary N) is 1.